The molecule has 2 heterocycles. The van der Waals surface area contributed by atoms with Crippen LogP contribution in [0.4, 0.5) is 17.1 Å². The summed E-state index contributed by atoms with van der Waals surface area (Å²) in [5.74, 6) is -1.72. The van der Waals surface area contributed by atoms with Gasteiger partial charge < -0.3 is 0 Å². The molecule has 32 heavy (non-hydrogen) atoms. The second kappa shape index (κ2) is 7.74. The fourth-order valence-corrected chi connectivity index (χ4v) is 4.40. The maximum Gasteiger partial charge on any atom is 0.269 e. The zero-order valence-electron chi connectivity index (χ0n) is 16.5. The van der Waals surface area contributed by atoms with E-state index >= 15 is 0 Å². The van der Waals surface area contributed by atoms with Crippen LogP contribution in [0.15, 0.2) is 78.9 Å². The van der Waals surface area contributed by atoms with Crippen LogP contribution in [-0.4, -0.2) is 22.8 Å². The van der Waals surface area contributed by atoms with Crippen molar-refractivity contribution in [2.45, 2.75) is 12.1 Å². The lowest BCUT2D eigenvalue weighted by Crippen LogP contribution is -2.37. The number of fused-ring (bicyclic) bond motifs is 1. The van der Waals surface area contributed by atoms with Gasteiger partial charge in [-0.15, -0.1) is 0 Å². The molecule has 3 unspecified atom stereocenters. The molecule has 2 amide bonds. The Morgan fingerprint density at radius 3 is 2.22 bits per heavy atom. The summed E-state index contributed by atoms with van der Waals surface area (Å²) in [5.41, 5.74) is 1.60. The summed E-state index contributed by atoms with van der Waals surface area (Å²) in [6, 6.07) is 20.9. The van der Waals surface area contributed by atoms with Gasteiger partial charge in [-0.3, -0.25) is 24.5 Å². The summed E-state index contributed by atoms with van der Waals surface area (Å²) in [6.45, 7) is 0. The Morgan fingerprint density at radius 1 is 0.875 bits per heavy atom. The fraction of sp³-hybridized carbons (Fsp3) is 0.130. The van der Waals surface area contributed by atoms with E-state index < -0.39 is 34.8 Å². The monoisotopic (exact) mass is 449 g/mol. The highest BCUT2D eigenvalue weighted by Crippen LogP contribution is 2.47. The largest absolute Gasteiger partial charge is 0.273 e. The number of nitro groups is 1. The summed E-state index contributed by atoms with van der Waals surface area (Å²) in [5, 5.41) is 13.0. The molecule has 9 heteroatoms. The van der Waals surface area contributed by atoms with Gasteiger partial charge in [-0.05, 0) is 35.9 Å². The lowest BCUT2D eigenvalue weighted by molar-refractivity contribution is -0.384. The number of imide groups is 1. The first kappa shape index (κ1) is 20.2. The van der Waals surface area contributed by atoms with Crippen molar-refractivity contribution in [1.29, 1.82) is 0 Å². The number of non-ortho nitro benzene ring substituents is 1. The highest BCUT2D eigenvalue weighted by Gasteiger charge is 2.60. The highest BCUT2D eigenvalue weighted by molar-refractivity contribution is 6.31. The number of carbonyl (C=O) groups is 2. The van der Waals surface area contributed by atoms with Crippen molar-refractivity contribution in [3.63, 3.8) is 0 Å². The smallest absolute Gasteiger partial charge is 0.269 e. The average molecular weight is 450 g/mol. The first-order valence-electron chi connectivity index (χ1n) is 9.84. The number of hydrogen-bond donors (Lipinski definition) is 0. The summed E-state index contributed by atoms with van der Waals surface area (Å²) >= 11 is 6.06. The van der Waals surface area contributed by atoms with Gasteiger partial charge in [0.25, 0.3) is 11.6 Å². The summed E-state index contributed by atoms with van der Waals surface area (Å²) < 4.78 is 0. The minimum atomic E-state index is -1.03. The number of carbonyl (C=O) groups excluding carboxylic acids is 2. The van der Waals surface area contributed by atoms with Gasteiger partial charge in [-0.2, -0.15) is 0 Å². The molecule has 0 radical (unpaired) electrons. The number of anilines is 2. The number of nitro benzene ring substituents is 1. The van der Waals surface area contributed by atoms with Crippen LogP contribution < -0.4 is 9.96 Å². The van der Waals surface area contributed by atoms with Crippen LogP contribution in [0.25, 0.3) is 0 Å². The van der Waals surface area contributed by atoms with Crippen LogP contribution in [0.2, 0.25) is 5.02 Å². The first-order valence-corrected chi connectivity index (χ1v) is 10.2. The number of hydrogen-bond acceptors (Lipinski definition) is 6. The predicted molar refractivity (Wildman–Crippen MR) is 117 cm³/mol. The Bertz CT molecular complexity index is 1220. The molecule has 2 aliphatic rings. The van der Waals surface area contributed by atoms with Crippen LogP contribution >= 0.6 is 11.6 Å². The standard InChI is InChI=1S/C23H16ClN3O5/c24-15-5-4-8-18(13-15)25-22(28)19-20(14-9-11-17(12-10-14)27(30)31)26(32-21(19)23(25)29)16-6-2-1-3-7-16/h1-13,19-21H. The molecule has 3 aromatic carbocycles. The molecule has 2 saturated heterocycles. The Kier molecular flexibility index (Phi) is 4.88. The van der Waals surface area contributed by atoms with Crippen LogP contribution in [0.3, 0.4) is 0 Å². The normalized spacial score (nSPS) is 22.3. The molecule has 160 valence electrons. The maximum atomic E-state index is 13.5. The van der Waals surface area contributed by atoms with Crippen molar-refractivity contribution in [1.82, 2.24) is 0 Å². The number of nitrogens with zero attached hydrogens (tertiary/aromatic N) is 3. The van der Waals surface area contributed by atoms with E-state index in [1.165, 1.54) is 12.1 Å². The summed E-state index contributed by atoms with van der Waals surface area (Å²) in [6.07, 6.45) is -1.03. The van der Waals surface area contributed by atoms with Crippen molar-refractivity contribution in [3.8, 4) is 0 Å². The zero-order chi connectivity index (χ0) is 22.4. The second-order valence-corrected chi connectivity index (χ2v) is 7.93. The van der Waals surface area contributed by atoms with Gasteiger partial charge in [0, 0.05) is 17.2 Å². The van der Waals surface area contributed by atoms with E-state index in [0.717, 1.165) is 4.90 Å². The lowest BCUT2D eigenvalue weighted by Gasteiger charge is -2.28. The van der Waals surface area contributed by atoms with Gasteiger partial charge in [-0.25, -0.2) is 9.96 Å². The molecule has 0 bridgehead atoms. The molecular weight excluding hydrogens is 434 g/mol. The van der Waals surface area contributed by atoms with Crippen LogP contribution in [0.1, 0.15) is 11.6 Å². The molecule has 3 atom stereocenters. The van der Waals surface area contributed by atoms with Gasteiger partial charge >= 0.3 is 0 Å². The van der Waals surface area contributed by atoms with Crippen molar-refractivity contribution in [3.05, 3.63) is 99.6 Å². The van der Waals surface area contributed by atoms with E-state index in [-0.39, 0.29) is 5.69 Å². The fourth-order valence-electron chi connectivity index (χ4n) is 4.22. The molecule has 3 aromatic rings. The minimum Gasteiger partial charge on any atom is -0.273 e. The van der Waals surface area contributed by atoms with E-state index in [0.29, 0.717) is 22.0 Å². The average Bonchev–Trinajstić information content (AvgIpc) is 3.30. The molecular formula is C23H16ClN3O5. The molecule has 0 N–H and O–H groups in total. The van der Waals surface area contributed by atoms with Gasteiger partial charge in [-0.1, -0.05) is 48.0 Å². The molecule has 0 saturated carbocycles. The Hall–Kier alpha value is -3.75. The van der Waals surface area contributed by atoms with Gasteiger partial charge in [0.05, 0.1) is 22.3 Å². The Balaban J connectivity index is 1.58. The third kappa shape index (κ3) is 3.21. The van der Waals surface area contributed by atoms with Gasteiger partial charge in [0.1, 0.15) is 5.92 Å². The summed E-state index contributed by atoms with van der Waals surface area (Å²) in [4.78, 5) is 44.4. The number of amides is 2. The number of para-hydroxylation sites is 1. The molecule has 2 fully saturated rings. The van der Waals surface area contributed by atoms with Crippen LogP contribution in [0, 0.1) is 16.0 Å². The molecule has 0 aliphatic carbocycles. The molecule has 2 aliphatic heterocycles. The quantitative estimate of drug-likeness (QED) is 0.335. The third-order valence-corrected chi connectivity index (χ3v) is 5.87. The molecule has 5 rings (SSSR count). The second-order valence-electron chi connectivity index (χ2n) is 7.50. The SMILES string of the molecule is O=C1C2ON(c3ccccc3)C(c3ccc([N+](=O)[O-])cc3)C2C(=O)N1c1cccc(Cl)c1. The molecule has 0 spiro atoms. The summed E-state index contributed by atoms with van der Waals surface area (Å²) in [7, 11) is 0. The van der Waals surface area contributed by atoms with E-state index in [2.05, 4.69) is 0 Å². The lowest BCUT2D eigenvalue weighted by atomic mass is 9.90. The van der Waals surface area contributed by atoms with Crippen LogP contribution in [0.5, 0.6) is 0 Å². The first-order chi connectivity index (χ1) is 15.5. The van der Waals surface area contributed by atoms with Crippen molar-refractivity contribution in [2.24, 2.45) is 5.92 Å². The Morgan fingerprint density at radius 2 is 1.56 bits per heavy atom. The van der Waals surface area contributed by atoms with Crippen molar-refractivity contribution < 1.29 is 19.3 Å². The number of halogens is 1. The van der Waals surface area contributed by atoms with E-state index in [1.54, 1.807) is 41.5 Å². The van der Waals surface area contributed by atoms with Gasteiger partial charge in [0.15, 0.2) is 6.10 Å². The zero-order valence-corrected chi connectivity index (χ0v) is 17.3. The maximum absolute atomic E-state index is 13.5. The van der Waals surface area contributed by atoms with Crippen molar-refractivity contribution in [2.75, 3.05) is 9.96 Å². The van der Waals surface area contributed by atoms with E-state index in [1.807, 2.05) is 30.3 Å². The number of hydroxylamine groups is 1. The highest BCUT2D eigenvalue weighted by atomic mass is 35.5. The third-order valence-electron chi connectivity index (χ3n) is 5.64. The van der Waals surface area contributed by atoms with Gasteiger partial charge in [0.2, 0.25) is 5.91 Å². The van der Waals surface area contributed by atoms with E-state index in [4.69, 9.17) is 16.4 Å². The molecule has 8 nitrogen and oxygen atoms in total. The van der Waals surface area contributed by atoms with E-state index in [9.17, 15) is 19.7 Å². The predicted octanol–water partition coefficient (Wildman–Crippen LogP) is 4.30. The van der Waals surface area contributed by atoms with Crippen molar-refractivity contribution >= 4 is 40.5 Å². The minimum absolute atomic E-state index is 0.0649. The number of rotatable bonds is 4. The number of benzene rings is 3. The van der Waals surface area contributed by atoms with Crippen LogP contribution in [-0.2, 0) is 14.4 Å². The Labute approximate surface area is 187 Å². The molecule has 0 aromatic heterocycles. The topological polar surface area (TPSA) is 93.0 Å².